The van der Waals surface area contributed by atoms with Crippen molar-refractivity contribution in [3.8, 4) is 11.1 Å². The average Bonchev–Trinajstić information content (AvgIpc) is 3.41. The molecule has 1 aliphatic carbocycles. The molecule has 0 fully saturated rings. The molecule has 8 heteroatoms. The van der Waals surface area contributed by atoms with Crippen LogP contribution in [-0.4, -0.2) is 33.4 Å². The molecule has 0 aliphatic heterocycles. The predicted molar refractivity (Wildman–Crippen MR) is 134 cm³/mol. The number of hydrogen-bond acceptors (Lipinski definition) is 4. The molecule has 1 aliphatic rings. The van der Waals surface area contributed by atoms with Crippen molar-refractivity contribution in [2.24, 2.45) is 0 Å². The normalized spacial score (nSPS) is 16.9. The van der Waals surface area contributed by atoms with Crippen molar-refractivity contribution in [3.63, 3.8) is 0 Å². The number of imidazole rings is 1. The van der Waals surface area contributed by atoms with Gasteiger partial charge in [-0.25, -0.2) is 9.78 Å². The van der Waals surface area contributed by atoms with E-state index in [0.717, 1.165) is 26.7 Å². The van der Waals surface area contributed by atoms with Crippen LogP contribution in [0.15, 0.2) is 71.5 Å². The Bertz CT molecular complexity index is 1420. The number of rotatable bonds is 5. The van der Waals surface area contributed by atoms with Gasteiger partial charge in [-0.05, 0) is 65.6 Å². The summed E-state index contributed by atoms with van der Waals surface area (Å²) in [6.45, 7) is 1.99. The van der Waals surface area contributed by atoms with E-state index in [1.54, 1.807) is 17.5 Å². The molecule has 1 amide bonds. The van der Waals surface area contributed by atoms with Crippen molar-refractivity contribution < 1.29 is 14.3 Å². The van der Waals surface area contributed by atoms with Crippen molar-refractivity contribution in [1.29, 1.82) is 0 Å². The summed E-state index contributed by atoms with van der Waals surface area (Å²) in [7, 11) is 0. The van der Waals surface area contributed by atoms with Gasteiger partial charge in [0, 0.05) is 34.7 Å². The summed E-state index contributed by atoms with van der Waals surface area (Å²) in [5.41, 5.74) is 3.68. The highest BCUT2D eigenvalue weighted by Gasteiger charge is 2.47. The third-order valence-electron chi connectivity index (χ3n) is 6.03. The van der Waals surface area contributed by atoms with Gasteiger partial charge in [0.1, 0.15) is 16.9 Å². The van der Waals surface area contributed by atoms with Crippen LogP contribution in [0.5, 0.6) is 0 Å². The number of aromatic nitrogens is 2. The fraction of sp³-hybridized carbons (Fsp3) is 0.192. The van der Waals surface area contributed by atoms with Gasteiger partial charge in [0.25, 0.3) is 5.91 Å². The number of benzene rings is 2. The van der Waals surface area contributed by atoms with E-state index in [0.29, 0.717) is 23.5 Å². The SMILES string of the molecule is CCOC(=O)C1(NC(=O)c2cn3cc(-c4ccc(Cl)cc4)ccc3n2)Cc2ccc(Br)cc2C1. The smallest absolute Gasteiger partial charge is 0.332 e. The van der Waals surface area contributed by atoms with Crippen LogP contribution in [-0.2, 0) is 22.4 Å². The molecule has 172 valence electrons. The lowest BCUT2D eigenvalue weighted by atomic mass is 9.95. The van der Waals surface area contributed by atoms with Gasteiger partial charge in [-0.2, -0.15) is 0 Å². The van der Waals surface area contributed by atoms with E-state index in [-0.39, 0.29) is 12.3 Å². The first-order chi connectivity index (χ1) is 16.4. The lowest BCUT2D eigenvalue weighted by molar-refractivity contribution is -0.150. The summed E-state index contributed by atoms with van der Waals surface area (Å²) >= 11 is 9.48. The Balaban J connectivity index is 1.44. The molecule has 1 atom stereocenters. The number of nitrogens with one attached hydrogen (secondary N) is 1. The molecule has 1 unspecified atom stereocenters. The van der Waals surface area contributed by atoms with Gasteiger partial charge in [-0.1, -0.05) is 45.7 Å². The maximum Gasteiger partial charge on any atom is 0.332 e. The Morgan fingerprint density at radius 2 is 1.79 bits per heavy atom. The van der Waals surface area contributed by atoms with Crippen LogP contribution in [0.1, 0.15) is 28.5 Å². The van der Waals surface area contributed by atoms with Crippen molar-refractivity contribution >= 4 is 45.1 Å². The average molecular weight is 539 g/mol. The minimum absolute atomic E-state index is 0.231. The molecule has 6 nitrogen and oxygen atoms in total. The molecule has 1 N–H and O–H groups in total. The second-order valence-electron chi connectivity index (χ2n) is 8.34. The summed E-state index contributed by atoms with van der Waals surface area (Å²) in [6.07, 6.45) is 4.31. The molecule has 0 saturated carbocycles. The van der Waals surface area contributed by atoms with E-state index < -0.39 is 17.4 Å². The molecule has 2 aromatic heterocycles. The molecule has 2 aromatic carbocycles. The van der Waals surface area contributed by atoms with E-state index in [1.165, 1.54) is 0 Å². The van der Waals surface area contributed by atoms with E-state index in [1.807, 2.05) is 60.8 Å². The topological polar surface area (TPSA) is 72.7 Å². The highest BCUT2D eigenvalue weighted by Crippen LogP contribution is 2.33. The number of halogens is 2. The number of carbonyl (C=O) groups excluding carboxylic acids is 2. The van der Waals surface area contributed by atoms with Crippen LogP contribution in [0.4, 0.5) is 0 Å². The predicted octanol–water partition coefficient (Wildman–Crippen LogP) is 5.25. The molecule has 34 heavy (non-hydrogen) atoms. The standard InChI is InChI=1S/C26H21BrClN3O3/c1-2-34-25(33)26(12-17-3-7-20(27)11-19(17)13-26)30-24(32)22-15-31-14-18(6-10-23(31)29-22)16-4-8-21(28)9-5-16/h3-11,14-15H,2,12-13H2,1H3,(H,30,32). The Labute approximate surface area is 210 Å². The van der Waals surface area contributed by atoms with Gasteiger partial charge in [0.05, 0.1) is 6.61 Å². The number of ether oxygens (including phenoxy) is 1. The van der Waals surface area contributed by atoms with Crippen LogP contribution >= 0.6 is 27.5 Å². The van der Waals surface area contributed by atoms with Crippen LogP contribution in [0.25, 0.3) is 16.8 Å². The molecule has 0 spiro atoms. The van der Waals surface area contributed by atoms with E-state index in [9.17, 15) is 9.59 Å². The second-order valence-corrected chi connectivity index (χ2v) is 9.69. The Hall–Kier alpha value is -3.16. The summed E-state index contributed by atoms with van der Waals surface area (Å²) in [5, 5.41) is 3.62. The quantitative estimate of drug-likeness (QED) is 0.352. The number of esters is 1. The number of pyridine rings is 1. The summed E-state index contributed by atoms with van der Waals surface area (Å²) < 4.78 is 8.09. The molecule has 2 heterocycles. The van der Waals surface area contributed by atoms with E-state index >= 15 is 0 Å². The zero-order chi connectivity index (χ0) is 23.9. The Morgan fingerprint density at radius 1 is 1.06 bits per heavy atom. The first-order valence-electron chi connectivity index (χ1n) is 10.9. The van der Waals surface area contributed by atoms with Gasteiger partial charge in [0.2, 0.25) is 0 Å². The van der Waals surface area contributed by atoms with Crippen LogP contribution in [0.2, 0.25) is 5.02 Å². The lowest BCUT2D eigenvalue weighted by Gasteiger charge is -2.27. The third kappa shape index (κ3) is 4.21. The third-order valence-corrected chi connectivity index (χ3v) is 6.78. The van der Waals surface area contributed by atoms with E-state index in [4.69, 9.17) is 16.3 Å². The van der Waals surface area contributed by atoms with Crippen molar-refractivity contribution in [2.75, 3.05) is 6.61 Å². The first-order valence-corrected chi connectivity index (χ1v) is 12.1. The number of amides is 1. The maximum atomic E-state index is 13.3. The molecule has 5 rings (SSSR count). The van der Waals surface area contributed by atoms with E-state index in [2.05, 4.69) is 26.2 Å². The minimum atomic E-state index is -1.17. The van der Waals surface area contributed by atoms with Crippen molar-refractivity contribution in [2.45, 2.75) is 25.3 Å². The monoisotopic (exact) mass is 537 g/mol. The van der Waals surface area contributed by atoms with Gasteiger partial charge in [-0.3, -0.25) is 4.79 Å². The fourth-order valence-corrected chi connectivity index (χ4v) is 4.93. The molecule has 0 saturated heterocycles. The Morgan fingerprint density at radius 3 is 2.56 bits per heavy atom. The number of hydrogen-bond donors (Lipinski definition) is 1. The zero-order valence-electron chi connectivity index (χ0n) is 18.3. The molecule has 0 bridgehead atoms. The highest BCUT2D eigenvalue weighted by molar-refractivity contribution is 9.10. The summed E-state index contributed by atoms with van der Waals surface area (Å²) in [4.78, 5) is 30.8. The number of nitrogens with zero attached hydrogens (tertiary/aromatic N) is 2. The molecule has 4 aromatic rings. The molecular formula is C26H21BrClN3O3. The Kier molecular flexibility index (Phi) is 5.91. The first kappa shape index (κ1) is 22.6. The molecule has 0 radical (unpaired) electrons. The molecular weight excluding hydrogens is 518 g/mol. The maximum absolute atomic E-state index is 13.3. The minimum Gasteiger partial charge on any atom is -0.464 e. The number of carbonyl (C=O) groups is 2. The van der Waals surface area contributed by atoms with Gasteiger partial charge in [-0.15, -0.1) is 0 Å². The highest BCUT2D eigenvalue weighted by atomic mass is 79.9. The van der Waals surface area contributed by atoms with Crippen LogP contribution in [0.3, 0.4) is 0 Å². The van der Waals surface area contributed by atoms with Gasteiger partial charge < -0.3 is 14.5 Å². The van der Waals surface area contributed by atoms with Crippen LogP contribution < -0.4 is 5.32 Å². The fourth-order valence-electron chi connectivity index (χ4n) is 4.39. The van der Waals surface area contributed by atoms with Gasteiger partial charge in [0.15, 0.2) is 0 Å². The zero-order valence-corrected chi connectivity index (χ0v) is 20.7. The largest absolute Gasteiger partial charge is 0.464 e. The van der Waals surface area contributed by atoms with Gasteiger partial charge >= 0.3 is 5.97 Å². The van der Waals surface area contributed by atoms with Crippen LogP contribution in [0, 0.1) is 0 Å². The summed E-state index contributed by atoms with van der Waals surface area (Å²) in [5.74, 6) is -0.860. The lowest BCUT2D eigenvalue weighted by Crippen LogP contribution is -2.56. The summed E-state index contributed by atoms with van der Waals surface area (Å²) in [6, 6.07) is 17.2. The number of fused-ring (bicyclic) bond motifs is 2. The second kappa shape index (κ2) is 8.89. The van der Waals surface area contributed by atoms with Crippen molar-refractivity contribution in [1.82, 2.24) is 14.7 Å². The van der Waals surface area contributed by atoms with Crippen molar-refractivity contribution in [3.05, 3.63) is 93.3 Å².